The molecule has 0 radical (unpaired) electrons. The monoisotopic (exact) mass is 224 g/mol. The third-order valence-corrected chi connectivity index (χ3v) is 3.30. The minimum atomic E-state index is 0.0526. The third kappa shape index (κ3) is 3.97. The van der Waals surface area contributed by atoms with Crippen LogP contribution in [0.1, 0.15) is 33.6 Å². The Balaban J connectivity index is 2.28. The van der Waals surface area contributed by atoms with Gasteiger partial charge in [0.2, 0.25) is 5.91 Å². The molecule has 0 spiro atoms. The van der Waals surface area contributed by atoms with E-state index in [4.69, 9.17) is 0 Å². The summed E-state index contributed by atoms with van der Waals surface area (Å²) in [6, 6.07) is 0.476. The van der Waals surface area contributed by atoms with Crippen molar-refractivity contribution in [2.45, 2.75) is 39.7 Å². The van der Waals surface area contributed by atoms with E-state index in [2.05, 4.69) is 38.0 Å². The van der Waals surface area contributed by atoms with E-state index in [1.807, 2.05) is 0 Å². The zero-order valence-corrected chi connectivity index (χ0v) is 10.7. The maximum Gasteiger partial charge on any atom is 0.234 e. The van der Waals surface area contributed by atoms with Gasteiger partial charge in [0, 0.05) is 12.6 Å². The Morgan fingerprint density at radius 1 is 1.50 bits per heavy atom. The molecule has 3 nitrogen and oxygen atoms in total. The van der Waals surface area contributed by atoms with E-state index in [0.29, 0.717) is 30.5 Å². The van der Waals surface area contributed by atoms with Gasteiger partial charge in [-0.3, -0.25) is 4.79 Å². The van der Waals surface area contributed by atoms with Gasteiger partial charge in [0.05, 0.1) is 6.54 Å². The lowest BCUT2D eigenvalue weighted by Crippen LogP contribution is -2.40. The molecule has 0 heterocycles. The third-order valence-electron chi connectivity index (χ3n) is 3.30. The first-order valence-corrected chi connectivity index (χ1v) is 6.05. The van der Waals surface area contributed by atoms with E-state index in [-0.39, 0.29) is 5.91 Å². The summed E-state index contributed by atoms with van der Waals surface area (Å²) in [6.07, 6.45) is 4.08. The average molecular weight is 224 g/mol. The first-order chi connectivity index (χ1) is 7.44. The Kier molecular flexibility index (Phi) is 4.54. The van der Waals surface area contributed by atoms with Crippen molar-refractivity contribution in [3.05, 3.63) is 12.7 Å². The highest BCUT2D eigenvalue weighted by atomic mass is 16.1. The van der Waals surface area contributed by atoms with Crippen molar-refractivity contribution in [1.29, 1.82) is 0 Å². The summed E-state index contributed by atoms with van der Waals surface area (Å²) in [4.78, 5) is 11.4. The summed E-state index contributed by atoms with van der Waals surface area (Å²) in [6.45, 7) is 11.4. The van der Waals surface area contributed by atoms with E-state index in [1.54, 1.807) is 6.08 Å². The van der Waals surface area contributed by atoms with Crippen LogP contribution in [0.25, 0.3) is 0 Å². The fourth-order valence-electron chi connectivity index (χ4n) is 2.64. The van der Waals surface area contributed by atoms with Crippen LogP contribution >= 0.6 is 0 Å². The van der Waals surface area contributed by atoms with Crippen molar-refractivity contribution in [1.82, 2.24) is 10.6 Å². The summed E-state index contributed by atoms with van der Waals surface area (Å²) in [5.74, 6) is 0.707. The lowest BCUT2D eigenvalue weighted by atomic mass is 9.91. The van der Waals surface area contributed by atoms with Crippen LogP contribution in [-0.4, -0.2) is 25.0 Å². The van der Waals surface area contributed by atoms with E-state index < -0.39 is 0 Å². The molecule has 0 unspecified atom stereocenters. The highest BCUT2D eigenvalue weighted by molar-refractivity contribution is 5.78. The second-order valence-electron chi connectivity index (χ2n) is 5.63. The molecule has 1 rings (SSSR count). The van der Waals surface area contributed by atoms with Crippen molar-refractivity contribution >= 4 is 5.91 Å². The number of carbonyl (C=O) groups is 1. The molecule has 2 atom stereocenters. The van der Waals surface area contributed by atoms with Gasteiger partial charge in [0.25, 0.3) is 0 Å². The number of hydrogen-bond acceptors (Lipinski definition) is 2. The summed E-state index contributed by atoms with van der Waals surface area (Å²) in [5, 5.41) is 6.12. The molecule has 2 N–H and O–H groups in total. The maximum absolute atomic E-state index is 11.4. The van der Waals surface area contributed by atoms with Crippen molar-refractivity contribution < 1.29 is 4.79 Å². The molecule has 0 aromatic rings. The molecule has 16 heavy (non-hydrogen) atoms. The van der Waals surface area contributed by atoms with Gasteiger partial charge in [0.1, 0.15) is 0 Å². The predicted molar refractivity (Wildman–Crippen MR) is 67.2 cm³/mol. The van der Waals surface area contributed by atoms with Gasteiger partial charge in [0.15, 0.2) is 0 Å². The summed E-state index contributed by atoms with van der Waals surface area (Å²) in [7, 11) is 0. The molecular formula is C13H24N2O. The minimum absolute atomic E-state index is 0.0526. The van der Waals surface area contributed by atoms with Crippen LogP contribution in [0.2, 0.25) is 0 Å². The maximum atomic E-state index is 11.4. The van der Waals surface area contributed by atoms with E-state index >= 15 is 0 Å². The largest absolute Gasteiger partial charge is 0.352 e. The molecule has 92 valence electrons. The number of carbonyl (C=O) groups excluding carboxylic acids is 1. The predicted octanol–water partition coefficient (Wildman–Crippen LogP) is 1.70. The molecule has 1 fully saturated rings. The van der Waals surface area contributed by atoms with Crippen LogP contribution in [-0.2, 0) is 4.79 Å². The van der Waals surface area contributed by atoms with Gasteiger partial charge < -0.3 is 10.6 Å². The smallest absolute Gasteiger partial charge is 0.234 e. The van der Waals surface area contributed by atoms with Crippen molar-refractivity contribution in [3.63, 3.8) is 0 Å². The fourth-order valence-corrected chi connectivity index (χ4v) is 2.64. The average Bonchev–Trinajstić information content (AvgIpc) is 2.45. The molecule has 1 amide bonds. The van der Waals surface area contributed by atoms with Gasteiger partial charge >= 0.3 is 0 Å². The Morgan fingerprint density at radius 3 is 2.69 bits per heavy atom. The Labute approximate surface area is 98.7 Å². The molecule has 0 aromatic carbocycles. The summed E-state index contributed by atoms with van der Waals surface area (Å²) < 4.78 is 0. The summed E-state index contributed by atoms with van der Waals surface area (Å²) in [5.41, 5.74) is 0.411. The second kappa shape index (κ2) is 5.48. The topological polar surface area (TPSA) is 41.1 Å². The normalized spacial score (nSPS) is 27.7. The van der Waals surface area contributed by atoms with Crippen molar-refractivity contribution in [2.75, 3.05) is 13.1 Å². The molecule has 1 aliphatic rings. The van der Waals surface area contributed by atoms with Crippen LogP contribution in [0.15, 0.2) is 12.7 Å². The molecule has 0 aliphatic heterocycles. The Morgan fingerprint density at radius 2 is 2.19 bits per heavy atom. The van der Waals surface area contributed by atoms with Gasteiger partial charge in [-0.05, 0) is 24.2 Å². The molecule has 1 saturated carbocycles. The van der Waals surface area contributed by atoms with E-state index in [0.717, 1.165) is 6.42 Å². The first-order valence-electron chi connectivity index (χ1n) is 6.05. The summed E-state index contributed by atoms with van der Waals surface area (Å²) >= 11 is 0. The van der Waals surface area contributed by atoms with Crippen LogP contribution < -0.4 is 10.6 Å². The van der Waals surface area contributed by atoms with Crippen LogP contribution in [0, 0.1) is 11.3 Å². The number of rotatable bonds is 5. The Hall–Kier alpha value is -0.830. The van der Waals surface area contributed by atoms with Gasteiger partial charge in [-0.15, -0.1) is 6.58 Å². The molecule has 0 bridgehead atoms. The minimum Gasteiger partial charge on any atom is -0.352 e. The Bertz CT molecular complexity index is 261. The van der Waals surface area contributed by atoms with Crippen molar-refractivity contribution in [2.24, 2.45) is 11.3 Å². The highest BCUT2D eigenvalue weighted by Crippen LogP contribution is 2.40. The van der Waals surface area contributed by atoms with Crippen LogP contribution in [0.5, 0.6) is 0 Å². The number of nitrogens with one attached hydrogen (secondary N) is 2. The molecule has 0 saturated heterocycles. The fraction of sp³-hybridized carbons (Fsp3) is 0.769. The van der Waals surface area contributed by atoms with Crippen molar-refractivity contribution in [3.8, 4) is 0 Å². The zero-order valence-electron chi connectivity index (χ0n) is 10.7. The first kappa shape index (κ1) is 13.2. The molecule has 1 aliphatic carbocycles. The zero-order chi connectivity index (χ0) is 12.2. The number of hydrogen-bond donors (Lipinski definition) is 2. The molecule has 0 aromatic heterocycles. The molecule has 3 heteroatoms. The SMILES string of the molecule is C=CCNC(=O)CN[C@@H]1CC(C)(C)C[C@@H]1C. The standard InChI is InChI=1S/C13H24N2O/c1-5-6-14-12(16)9-15-11-8-13(3,4)7-10(11)2/h5,10-11,15H,1,6-9H2,2-4H3,(H,14,16)/t10-,11+/m0/s1. The lowest BCUT2D eigenvalue weighted by Gasteiger charge is -2.18. The van der Waals surface area contributed by atoms with Crippen LogP contribution in [0.3, 0.4) is 0 Å². The number of amides is 1. The quantitative estimate of drug-likeness (QED) is 0.698. The highest BCUT2D eigenvalue weighted by Gasteiger charge is 2.36. The second-order valence-corrected chi connectivity index (χ2v) is 5.63. The molecular weight excluding hydrogens is 200 g/mol. The van der Waals surface area contributed by atoms with Crippen LogP contribution in [0.4, 0.5) is 0 Å². The van der Waals surface area contributed by atoms with Gasteiger partial charge in [-0.1, -0.05) is 26.8 Å². The van der Waals surface area contributed by atoms with Gasteiger partial charge in [-0.25, -0.2) is 0 Å². The van der Waals surface area contributed by atoms with Gasteiger partial charge in [-0.2, -0.15) is 0 Å². The van der Waals surface area contributed by atoms with E-state index in [9.17, 15) is 4.79 Å². The van der Waals surface area contributed by atoms with E-state index in [1.165, 1.54) is 6.42 Å². The lowest BCUT2D eigenvalue weighted by molar-refractivity contribution is -0.120.